The Labute approximate surface area is 96.0 Å². The molecule has 2 fully saturated rings. The van der Waals surface area contributed by atoms with Gasteiger partial charge in [-0.25, -0.2) is 0 Å². The highest BCUT2D eigenvalue weighted by Crippen LogP contribution is 2.45. The summed E-state index contributed by atoms with van der Waals surface area (Å²) in [4.78, 5) is 0. The molecule has 3 atom stereocenters. The first kappa shape index (κ1) is 10.3. The molecule has 0 spiro atoms. The Kier molecular flexibility index (Phi) is 3.94. The Hall–Kier alpha value is 0.730. The van der Waals surface area contributed by atoms with Crippen molar-refractivity contribution in [3.8, 4) is 0 Å². The first-order valence-electron chi connectivity index (χ1n) is 5.98. The van der Waals surface area contributed by atoms with E-state index in [0.29, 0.717) is 0 Å². The summed E-state index contributed by atoms with van der Waals surface area (Å²) in [5.41, 5.74) is 0. The summed E-state index contributed by atoms with van der Waals surface area (Å²) in [6.45, 7) is 0. The monoisotopic (exact) mass is 292 g/mol. The molecular formula is C12H21I. The van der Waals surface area contributed by atoms with Crippen LogP contribution in [0, 0.1) is 17.8 Å². The molecule has 2 aliphatic rings. The van der Waals surface area contributed by atoms with E-state index < -0.39 is 0 Å². The molecule has 1 heteroatoms. The van der Waals surface area contributed by atoms with Crippen molar-refractivity contribution in [3.63, 3.8) is 0 Å². The third-order valence-corrected chi connectivity index (χ3v) is 4.83. The molecular weight excluding hydrogens is 271 g/mol. The molecule has 0 aromatic carbocycles. The lowest BCUT2D eigenvalue weighted by molar-refractivity contribution is 0.102. The third-order valence-electron chi connectivity index (χ3n) is 4.20. The summed E-state index contributed by atoms with van der Waals surface area (Å²) in [6, 6.07) is 0. The van der Waals surface area contributed by atoms with Crippen molar-refractivity contribution in [1.82, 2.24) is 0 Å². The fraction of sp³-hybridized carbons (Fsp3) is 1.00. The molecule has 0 heterocycles. The minimum atomic E-state index is 1.11. The molecule has 0 radical (unpaired) electrons. The van der Waals surface area contributed by atoms with Crippen LogP contribution in [0.4, 0.5) is 0 Å². The van der Waals surface area contributed by atoms with E-state index >= 15 is 0 Å². The Morgan fingerprint density at radius 3 is 2.54 bits per heavy atom. The molecule has 0 bridgehead atoms. The van der Waals surface area contributed by atoms with E-state index in [0.717, 1.165) is 17.8 Å². The van der Waals surface area contributed by atoms with Gasteiger partial charge in [-0.3, -0.25) is 0 Å². The lowest BCUT2D eigenvalue weighted by Crippen LogP contribution is -2.31. The van der Waals surface area contributed by atoms with Gasteiger partial charge in [-0.2, -0.15) is 0 Å². The van der Waals surface area contributed by atoms with Crippen LogP contribution in [0.3, 0.4) is 0 Å². The largest absolute Gasteiger partial charge is 0.0864 e. The van der Waals surface area contributed by atoms with Crippen molar-refractivity contribution in [3.05, 3.63) is 0 Å². The van der Waals surface area contributed by atoms with Crippen LogP contribution in [0.2, 0.25) is 0 Å². The number of rotatable bonds is 2. The lowest BCUT2D eigenvalue weighted by Gasteiger charge is -2.41. The first-order chi connectivity index (χ1) is 6.42. The van der Waals surface area contributed by atoms with Gasteiger partial charge in [0, 0.05) is 0 Å². The van der Waals surface area contributed by atoms with Crippen LogP contribution in [0.15, 0.2) is 0 Å². The fourth-order valence-electron chi connectivity index (χ4n) is 3.57. The number of halogens is 1. The average Bonchev–Trinajstić information content (AvgIpc) is 2.19. The van der Waals surface area contributed by atoms with Crippen molar-refractivity contribution in [2.75, 3.05) is 4.43 Å². The predicted molar refractivity (Wildman–Crippen MR) is 66.3 cm³/mol. The summed E-state index contributed by atoms with van der Waals surface area (Å²) in [6.07, 6.45) is 12.3. The summed E-state index contributed by atoms with van der Waals surface area (Å²) in [5.74, 6) is 3.38. The quantitative estimate of drug-likeness (QED) is 0.522. The second-order valence-electron chi connectivity index (χ2n) is 4.88. The molecule has 0 saturated heterocycles. The van der Waals surface area contributed by atoms with Crippen molar-refractivity contribution in [2.24, 2.45) is 17.8 Å². The highest BCUT2D eigenvalue weighted by Gasteiger charge is 2.33. The van der Waals surface area contributed by atoms with Crippen molar-refractivity contribution in [1.29, 1.82) is 0 Å². The minimum absolute atomic E-state index is 1.11. The van der Waals surface area contributed by atoms with Gasteiger partial charge in [-0.05, 0) is 35.0 Å². The van der Waals surface area contributed by atoms with Crippen LogP contribution in [-0.4, -0.2) is 4.43 Å². The van der Waals surface area contributed by atoms with Gasteiger partial charge < -0.3 is 0 Å². The molecule has 0 nitrogen and oxygen atoms in total. The van der Waals surface area contributed by atoms with Gasteiger partial charge in [-0.15, -0.1) is 0 Å². The summed E-state index contributed by atoms with van der Waals surface area (Å²) >= 11 is 2.55. The highest BCUT2D eigenvalue weighted by atomic mass is 127. The predicted octanol–water partition coefficient (Wildman–Crippen LogP) is 4.42. The molecule has 2 saturated carbocycles. The maximum atomic E-state index is 2.55. The van der Waals surface area contributed by atoms with Crippen LogP contribution in [-0.2, 0) is 0 Å². The van der Waals surface area contributed by atoms with Gasteiger partial charge in [0.1, 0.15) is 0 Å². The summed E-state index contributed by atoms with van der Waals surface area (Å²) < 4.78 is 1.38. The van der Waals surface area contributed by atoms with Gasteiger partial charge in [-0.1, -0.05) is 61.1 Å². The van der Waals surface area contributed by atoms with Crippen LogP contribution < -0.4 is 0 Å². The zero-order valence-corrected chi connectivity index (χ0v) is 10.6. The highest BCUT2D eigenvalue weighted by molar-refractivity contribution is 14.1. The SMILES string of the molecule is ICCC1CCCC2CCCCC12. The van der Waals surface area contributed by atoms with Gasteiger partial charge in [0.25, 0.3) is 0 Å². The molecule has 0 N–H and O–H groups in total. The zero-order chi connectivity index (χ0) is 9.10. The van der Waals surface area contributed by atoms with E-state index in [-0.39, 0.29) is 0 Å². The average molecular weight is 292 g/mol. The topological polar surface area (TPSA) is 0 Å². The van der Waals surface area contributed by atoms with Gasteiger partial charge in [0.05, 0.1) is 0 Å². The van der Waals surface area contributed by atoms with E-state index in [4.69, 9.17) is 0 Å². The summed E-state index contributed by atoms with van der Waals surface area (Å²) in [7, 11) is 0. The standard InChI is InChI=1S/C12H21I/c13-9-8-11-6-3-5-10-4-1-2-7-12(10)11/h10-12H,1-9H2. The fourth-order valence-corrected chi connectivity index (χ4v) is 4.37. The van der Waals surface area contributed by atoms with Crippen LogP contribution >= 0.6 is 22.6 Å². The van der Waals surface area contributed by atoms with E-state index in [9.17, 15) is 0 Å². The van der Waals surface area contributed by atoms with Crippen LogP contribution in [0.5, 0.6) is 0 Å². The zero-order valence-electron chi connectivity index (χ0n) is 8.47. The molecule has 2 rings (SSSR count). The van der Waals surface area contributed by atoms with Crippen molar-refractivity contribution < 1.29 is 0 Å². The Bertz CT molecular complexity index is 151. The van der Waals surface area contributed by atoms with Crippen molar-refractivity contribution >= 4 is 22.6 Å². The number of alkyl halides is 1. The number of fused-ring (bicyclic) bond motifs is 1. The van der Waals surface area contributed by atoms with Gasteiger partial charge in [0.2, 0.25) is 0 Å². The molecule has 0 aromatic heterocycles. The Balaban J connectivity index is 1.94. The van der Waals surface area contributed by atoms with E-state index in [2.05, 4.69) is 22.6 Å². The molecule has 3 unspecified atom stereocenters. The van der Waals surface area contributed by atoms with Crippen molar-refractivity contribution in [2.45, 2.75) is 51.4 Å². The van der Waals surface area contributed by atoms with Gasteiger partial charge >= 0.3 is 0 Å². The molecule has 2 aliphatic carbocycles. The Morgan fingerprint density at radius 1 is 0.923 bits per heavy atom. The number of hydrogen-bond acceptors (Lipinski definition) is 0. The molecule has 13 heavy (non-hydrogen) atoms. The lowest BCUT2D eigenvalue weighted by atomic mass is 9.65. The smallest absolute Gasteiger partial charge is 0.000199 e. The summed E-state index contributed by atoms with van der Waals surface area (Å²) in [5, 5.41) is 0. The maximum absolute atomic E-state index is 2.55. The molecule has 0 amide bonds. The Morgan fingerprint density at radius 2 is 1.69 bits per heavy atom. The van der Waals surface area contributed by atoms with Crippen LogP contribution in [0.25, 0.3) is 0 Å². The second-order valence-corrected chi connectivity index (χ2v) is 5.96. The normalized spacial score (nSPS) is 39.9. The molecule has 76 valence electrons. The molecule has 0 aliphatic heterocycles. The minimum Gasteiger partial charge on any atom is -0.0864 e. The van der Waals surface area contributed by atoms with E-state index in [1.54, 1.807) is 25.7 Å². The number of hydrogen-bond donors (Lipinski definition) is 0. The molecule has 0 aromatic rings. The third kappa shape index (κ3) is 2.40. The van der Waals surface area contributed by atoms with Crippen LogP contribution in [0.1, 0.15) is 51.4 Å². The van der Waals surface area contributed by atoms with Gasteiger partial charge in [0.15, 0.2) is 0 Å². The first-order valence-corrected chi connectivity index (χ1v) is 7.50. The maximum Gasteiger partial charge on any atom is -0.000199 e. The van der Waals surface area contributed by atoms with E-state index in [1.807, 2.05) is 0 Å². The van der Waals surface area contributed by atoms with E-state index in [1.165, 1.54) is 30.1 Å². The second kappa shape index (κ2) is 4.99.